The summed E-state index contributed by atoms with van der Waals surface area (Å²) in [5.41, 5.74) is 1.12. The molecule has 0 atom stereocenters. The van der Waals surface area contributed by atoms with Crippen molar-refractivity contribution in [3.05, 3.63) is 42.0 Å². The van der Waals surface area contributed by atoms with Gasteiger partial charge in [0.25, 0.3) is 0 Å². The van der Waals surface area contributed by atoms with Crippen LogP contribution in [0.4, 0.5) is 0 Å². The van der Waals surface area contributed by atoms with Crippen molar-refractivity contribution < 1.29 is 4.74 Å². The third kappa shape index (κ3) is 4.47. The molecule has 0 spiro atoms. The lowest BCUT2D eigenvalue weighted by molar-refractivity contribution is 0.396. The third-order valence-corrected chi connectivity index (χ3v) is 3.70. The van der Waals surface area contributed by atoms with E-state index in [4.69, 9.17) is 4.74 Å². The zero-order valence-electron chi connectivity index (χ0n) is 14.9. The number of aryl methyl sites for hydroxylation is 1. The van der Waals surface area contributed by atoms with Crippen molar-refractivity contribution in [2.24, 2.45) is 4.99 Å². The minimum Gasteiger partial charge on any atom is -0.496 e. The summed E-state index contributed by atoms with van der Waals surface area (Å²) in [7, 11) is 3.70. The van der Waals surface area contributed by atoms with E-state index in [0.29, 0.717) is 13.1 Å². The monoisotopic (exact) mass is 330 g/mol. The lowest BCUT2D eigenvalue weighted by Crippen LogP contribution is -2.38. The summed E-state index contributed by atoms with van der Waals surface area (Å²) in [6, 6.07) is 8.02. The van der Waals surface area contributed by atoms with Crippen molar-refractivity contribution in [3.63, 3.8) is 0 Å². The normalized spacial score (nSPS) is 11.4. The van der Waals surface area contributed by atoms with Gasteiger partial charge in [-0.05, 0) is 19.9 Å². The summed E-state index contributed by atoms with van der Waals surface area (Å²) in [5, 5.41) is 11.4. The minimum atomic E-state index is 0.492. The van der Waals surface area contributed by atoms with Crippen LogP contribution in [0.2, 0.25) is 0 Å². The fourth-order valence-electron chi connectivity index (χ4n) is 2.44. The molecule has 0 aliphatic carbocycles. The molecule has 24 heavy (non-hydrogen) atoms. The first kappa shape index (κ1) is 17.8. The van der Waals surface area contributed by atoms with Crippen molar-refractivity contribution >= 4 is 5.96 Å². The third-order valence-electron chi connectivity index (χ3n) is 3.70. The Kier molecular flexibility index (Phi) is 6.60. The van der Waals surface area contributed by atoms with E-state index in [1.54, 1.807) is 13.4 Å². The average molecular weight is 330 g/mol. The van der Waals surface area contributed by atoms with Gasteiger partial charge in [0, 0.05) is 32.2 Å². The average Bonchev–Trinajstić information content (AvgIpc) is 3.06. The highest BCUT2D eigenvalue weighted by Gasteiger charge is 2.10. The van der Waals surface area contributed by atoms with Crippen molar-refractivity contribution in [2.75, 3.05) is 20.7 Å². The quantitative estimate of drug-likeness (QED) is 0.620. The van der Waals surface area contributed by atoms with Crippen LogP contribution in [-0.4, -0.2) is 46.3 Å². The second kappa shape index (κ2) is 8.90. The number of methoxy groups -OCH3 is 1. The Labute approximate surface area is 143 Å². The maximum absolute atomic E-state index is 5.43. The Bertz CT molecular complexity index is 667. The molecule has 0 saturated carbocycles. The molecule has 1 heterocycles. The van der Waals surface area contributed by atoms with E-state index in [0.717, 1.165) is 36.2 Å². The Morgan fingerprint density at radius 3 is 2.83 bits per heavy atom. The Balaban J connectivity index is 2.12. The maximum atomic E-state index is 5.43. The highest BCUT2D eigenvalue weighted by molar-refractivity contribution is 5.79. The van der Waals surface area contributed by atoms with Crippen LogP contribution in [0.5, 0.6) is 5.75 Å². The Morgan fingerprint density at radius 2 is 2.12 bits per heavy atom. The van der Waals surface area contributed by atoms with Crippen LogP contribution in [0.25, 0.3) is 0 Å². The van der Waals surface area contributed by atoms with Crippen LogP contribution >= 0.6 is 0 Å². The maximum Gasteiger partial charge on any atom is 0.194 e. The molecule has 2 rings (SSSR count). The number of ether oxygens (including phenoxy) is 1. The number of aliphatic imine (C=N–C) groups is 1. The van der Waals surface area contributed by atoms with E-state index < -0.39 is 0 Å². The molecule has 0 aliphatic rings. The van der Waals surface area contributed by atoms with Gasteiger partial charge in [0.2, 0.25) is 0 Å². The van der Waals surface area contributed by atoms with Crippen LogP contribution in [-0.2, 0) is 19.6 Å². The minimum absolute atomic E-state index is 0.492. The molecular weight excluding hydrogens is 304 g/mol. The molecule has 0 unspecified atom stereocenters. The van der Waals surface area contributed by atoms with Gasteiger partial charge in [0.05, 0.1) is 7.11 Å². The van der Waals surface area contributed by atoms with Gasteiger partial charge < -0.3 is 19.5 Å². The van der Waals surface area contributed by atoms with Gasteiger partial charge in [-0.2, -0.15) is 0 Å². The predicted molar refractivity (Wildman–Crippen MR) is 95.0 cm³/mol. The first-order valence-corrected chi connectivity index (χ1v) is 8.17. The SMILES string of the molecule is CCNC(=NCc1nncn1CC)N(C)Cc1ccccc1OC. The van der Waals surface area contributed by atoms with Crippen molar-refractivity contribution in [1.29, 1.82) is 0 Å². The number of hydrogen-bond donors (Lipinski definition) is 1. The largest absolute Gasteiger partial charge is 0.496 e. The van der Waals surface area contributed by atoms with E-state index >= 15 is 0 Å². The zero-order valence-corrected chi connectivity index (χ0v) is 14.9. The number of hydrogen-bond acceptors (Lipinski definition) is 4. The lowest BCUT2D eigenvalue weighted by atomic mass is 10.2. The number of nitrogens with zero attached hydrogens (tertiary/aromatic N) is 5. The molecule has 0 amide bonds. The molecule has 1 aromatic carbocycles. The van der Waals surface area contributed by atoms with Crippen molar-refractivity contribution in [1.82, 2.24) is 25.0 Å². The summed E-state index contributed by atoms with van der Waals surface area (Å²) < 4.78 is 7.42. The highest BCUT2D eigenvalue weighted by Crippen LogP contribution is 2.18. The number of para-hydroxylation sites is 1. The Hall–Kier alpha value is -2.57. The van der Waals surface area contributed by atoms with Crippen LogP contribution < -0.4 is 10.1 Å². The summed E-state index contributed by atoms with van der Waals surface area (Å²) in [6.45, 7) is 6.96. The number of rotatable bonds is 7. The van der Waals surface area contributed by atoms with Gasteiger partial charge in [0.15, 0.2) is 11.8 Å². The molecule has 0 aliphatic heterocycles. The van der Waals surface area contributed by atoms with E-state index in [2.05, 4.69) is 45.3 Å². The summed E-state index contributed by atoms with van der Waals surface area (Å²) in [4.78, 5) is 6.76. The van der Waals surface area contributed by atoms with Crippen LogP contribution in [0.1, 0.15) is 25.2 Å². The highest BCUT2D eigenvalue weighted by atomic mass is 16.5. The van der Waals surface area contributed by atoms with Gasteiger partial charge >= 0.3 is 0 Å². The van der Waals surface area contributed by atoms with Crippen LogP contribution in [0.15, 0.2) is 35.6 Å². The van der Waals surface area contributed by atoms with Gasteiger partial charge in [-0.15, -0.1) is 10.2 Å². The van der Waals surface area contributed by atoms with Crippen LogP contribution in [0, 0.1) is 0 Å². The van der Waals surface area contributed by atoms with Crippen molar-refractivity contribution in [3.8, 4) is 5.75 Å². The molecular formula is C17H26N6O. The van der Waals surface area contributed by atoms with E-state index in [9.17, 15) is 0 Å². The van der Waals surface area contributed by atoms with Gasteiger partial charge in [-0.3, -0.25) is 0 Å². The molecule has 0 fully saturated rings. The fraction of sp³-hybridized carbons (Fsp3) is 0.471. The van der Waals surface area contributed by atoms with E-state index in [1.165, 1.54) is 0 Å². The molecule has 0 saturated heterocycles. The van der Waals surface area contributed by atoms with E-state index in [1.807, 2.05) is 29.8 Å². The topological polar surface area (TPSA) is 67.6 Å². The standard InChI is InChI=1S/C17H26N6O/c1-5-18-17(19-11-16-21-20-13-23(16)6-2)22(3)12-14-9-7-8-10-15(14)24-4/h7-10,13H,5-6,11-12H2,1-4H3,(H,18,19). The molecule has 0 bridgehead atoms. The second-order valence-corrected chi connectivity index (χ2v) is 5.37. The fourth-order valence-corrected chi connectivity index (χ4v) is 2.44. The lowest BCUT2D eigenvalue weighted by Gasteiger charge is -2.23. The number of aromatic nitrogens is 3. The first-order valence-electron chi connectivity index (χ1n) is 8.17. The molecule has 7 heteroatoms. The first-order chi connectivity index (χ1) is 11.7. The van der Waals surface area contributed by atoms with Gasteiger partial charge in [-0.25, -0.2) is 4.99 Å². The Morgan fingerprint density at radius 1 is 1.33 bits per heavy atom. The molecule has 1 aromatic heterocycles. The number of benzene rings is 1. The molecule has 1 N–H and O–H groups in total. The number of guanidine groups is 1. The molecule has 2 aromatic rings. The van der Waals surface area contributed by atoms with Gasteiger partial charge in [0.1, 0.15) is 18.6 Å². The summed E-state index contributed by atoms with van der Waals surface area (Å²) in [6.07, 6.45) is 1.73. The van der Waals surface area contributed by atoms with Crippen LogP contribution in [0.3, 0.4) is 0 Å². The molecule has 0 radical (unpaired) electrons. The van der Waals surface area contributed by atoms with E-state index in [-0.39, 0.29) is 0 Å². The van der Waals surface area contributed by atoms with Gasteiger partial charge in [-0.1, -0.05) is 18.2 Å². The molecule has 130 valence electrons. The van der Waals surface area contributed by atoms with Crippen molar-refractivity contribution in [2.45, 2.75) is 33.5 Å². The smallest absolute Gasteiger partial charge is 0.194 e. The summed E-state index contributed by atoms with van der Waals surface area (Å²) >= 11 is 0. The summed E-state index contributed by atoms with van der Waals surface area (Å²) in [5.74, 6) is 2.57. The molecule has 7 nitrogen and oxygen atoms in total. The number of nitrogens with one attached hydrogen (secondary N) is 1. The second-order valence-electron chi connectivity index (χ2n) is 5.37. The zero-order chi connectivity index (χ0) is 17.4. The predicted octanol–water partition coefficient (Wildman–Crippen LogP) is 1.90.